The lowest BCUT2D eigenvalue weighted by atomic mass is 9.99. The molecule has 0 spiro atoms. The smallest absolute Gasteiger partial charge is 0.323 e. The monoisotopic (exact) mass is 604 g/mol. The fraction of sp³-hybridized carbons (Fsp3) is 0.375. The largest absolute Gasteiger partial charge is 0.488 e. The molecule has 3 atom stereocenters. The van der Waals surface area contributed by atoms with E-state index in [9.17, 15) is 14.7 Å². The highest BCUT2D eigenvalue weighted by Crippen LogP contribution is 2.35. The average molecular weight is 605 g/mol. The van der Waals surface area contributed by atoms with Crippen molar-refractivity contribution in [1.29, 1.82) is 0 Å². The van der Waals surface area contributed by atoms with E-state index in [2.05, 4.69) is 15.5 Å². The Hall–Kier alpha value is -4.68. The number of aliphatic hydroxyl groups excluding tert-OH is 1. The van der Waals surface area contributed by atoms with E-state index in [-0.39, 0.29) is 38.1 Å². The van der Waals surface area contributed by atoms with Gasteiger partial charge >= 0.3 is 6.03 Å². The average Bonchev–Trinajstić information content (AvgIpc) is 3.68. The highest BCUT2D eigenvalue weighted by atomic mass is 16.7. The molecule has 6 rings (SSSR count). The molecule has 3 amide bonds. The van der Waals surface area contributed by atoms with Crippen LogP contribution >= 0.6 is 0 Å². The minimum absolute atomic E-state index is 0.0365. The summed E-state index contributed by atoms with van der Waals surface area (Å²) in [6.45, 7) is 5.68. The topological polar surface area (TPSA) is 131 Å². The first kappa shape index (κ1) is 29.4. The van der Waals surface area contributed by atoms with Gasteiger partial charge in [0.1, 0.15) is 11.9 Å². The summed E-state index contributed by atoms with van der Waals surface area (Å²) >= 11 is 0. The molecule has 3 aromatic rings. The van der Waals surface area contributed by atoms with Crippen LogP contribution in [-0.2, 0) is 6.54 Å². The van der Waals surface area contributed by atoms with Crippen molar-refractivity contribution >= 4 is 23.3 Å². The summed E-state index contributed by atoms with van der Waals surface area (Å²) in [4.78, 5) is 30.5. The normalized spacial score (nSPS) is 19.1. The van der Waals surface area contributed by atoms with E-state index in [1.54, 1.807) is 41.3 Å². The van der Waals surface area contributed by atoms with E-state index in [0.29, 0.717) is 53.8 Å². The predicted octanol–water partition coefficient (Wildman–Crippen LogP) is 4.14. The summed E-state index contributed by atoms with van der Waals surface area (Å²) < 4.78 is 28.2. The molecular weight excluding hydrogens is 568 g/mol. The first-order chi connectivity index (χ1) is 21.3. The van der Waals surface area contributed by atoms with E-state index >= 15 is 0 Å². The molecule has 0 fully saturated rings. The second-order valence-electron chi connectivity index (χ2n) is 11.4. The molecule has 0 bridgehead atoms. The summed E-state index contributed by atoms with van der Waals surface area (Å²) in [7, 11) is 2.02. The van der Waals surface area contributed by atoms with Crippen LogP contribution in [0.3, 0.4) is 0 Å². The maximum Gasteiger partial charge on any atom is 0.323 e. The molecule has 3 aliphatic heterocycles. The van der Waals surface area contributed by atoms with Crippen LogP contribution in [0, 0.1) is 5.92 Å². The summed E-state index contributed by atoms with van der Waals surface area (Å²) in [6.07, 6.45) is -0.262. The Morgan fingerprint density at radius 2 is 1.55 bits per heavy atom. The van der Waals surface area contributed by atoms with Crippen molar-refractivity contribution in [1.82, 2.24) is 9.80 Å². The molecule has 0 saturated carbocycles. The first-order valence-corrected chi connectivity index (χ1v) is 14.5. The van der Waals surface area contributed by atoms with E-state index in [4.69, 9.17) is 23.7 Å². The third kappa shape index (κ3) is 6.31. The van der Waals surface area contributed by atoms with Crippen LogP contribution in [0.4, 0.5) is 16.2 Å². The Morgan fingerprint density at radius 1 is 0.932 bits per heavy atom. The van der Waals surface area contributed by atoms with Gasteiger partial charge in [0.05, 0.1) is 18.2 Å². The summed E-state index contributed by atoms with van der Waals surface area (Å²) in [5, 5.41) is 15.5. The number of nitrogens with zero attached hydrogens (tertiary/aromatic N) is 2. The van der Waals surface area contributed by atoms with E-state index in [0.717, 1.165) is 17.1 Å². The standard InChI is InChI=1S/C32H36N4O8/c1-19-13-36(20(2)16-37)31(38)24-11-22(33-32(39)34-23-6-9-27-29(12-23)43-18-41-27)5-8-25(24)44-30(19)15-35(3)14-21-4-7-26-28(10-21)42-17-40-26/h4-12,19-20,30,37H,13-18H2,1-3H3,(H2,33,34,39)/t19-,20-,30+/m1/s1. The fourth-order valence-corrected chi connectivity index (χ4v) is 5.51. The molecule has 3 aliphatic rings. The SMILES string of the molecule is C[C@@H]1CN([C@H](C)CO)C(=O)c2cc(NC(=O)Nc3ccc4c(c3)OCO4)ccc2O[C@H]1CN(C)Cc1ccc2c(c1)OCO2. The number of fused-ring (bicyclic) bond motifs is 3. The van der Waals surface area contributed by atoms with Crippen LogP contribution < -0.4 is 34.3 Å². The number of aliphatic hydroxyl groups is 1. The van der Waals surface area contributed by atoms with Gasteiger partial charge in [-0.2, -0.15) is 0 Å². The number of carbonyl (C=O) groups excluding carboxylic acids is 2. The van der Waals surface area contributed by atoms with Crippen molar-refractivity contribution in [3.63, 3.8) is 0 Å². The first-order valence-electron chi connectivity index (χ1n) is 14.5. The number of likely N-dealkylation sites (N-methyl/N-ethyl adjacent to an activating group) is 1. The minimum atomic E-state index is -0.486. The lowest BCUT2D eigenvalue weighted by molar-refractivity contribution is 0.0341. The Kier molecular flexibility index (Phi) is 8.36. The molecule has 232 valence electrons. The number of benzene rings is 3. The van der Waals surface area contributed by atoms with Gasteiger partial charge in [-0.15, -0.1) is 0 Å². The zero-order chi connectivity index (χ0) is 30.8. The van der Waals surface area contributed by atoms with Crippen LogP contribution in [0.1, 0.15) is 29.8 Å². The molecule has 0 saturated heterocycles. The molecule has 0 aliphatic carbocycles. The number of rotatable bonds is 8. The fourth-order valence-electron chi connectivity index (χ4n) is 5.51. The number of urea groups is 1. The van der Waals surface area contributed by atoms with Gasteiger partial charge < -0.3 is 44.3 Å². The molecule has 12 heteroatoms. The quantitative estimate of drug-likeness (QED) is 0.347. The number of carbonyl (C=O) groups is 2. The van der Waals surface area contributed by atoms with Crippen LogP contribution in [0.15, 0.2) is 54.6 Å². The van der Waals surface area contributed by atoms with Crippen LogP contribution in [0.2, 0.25) is 0 Å². The van der Waals surface area contributed by atoms with Crippen LogP contribution in [0.5, 0.6) is 28.7 Å². The van der Waals surface area contributed by atoms with E-state index in [1.165, 1.54) is 0 Å². The number of ether oxygens (including phenoxy) is 5. The van der Waals surface area contributed by atoms with Crippen molar-refractivity contribution in [2.75, 3.05) is 51.0 Å². The van der Waals surface area contributed by atoms with Crippen LogP contribution in [0.25, 0.3) is 0 Å². The second-order valence-corrected chi connectivity index (χ2v) is 11.4. The van der Waals surface area contributed by atoms with E-state index < -0.39 is 12.1 Å². The second kappa shape index (κ2) is 12.5. The van der Waals surface area contributed by atoms with Crippen molar-refractivity contribution in [2.24, 2.45) is 5.92 Å². The molecule has 0 unspecified atom stereocenters. The molecule has 3 heterocycles. The van der Waals surface area contributed by atoms with Crippen molar-refractivity contribution < 1.29 is 38.4 Å². The van der Waals surface area contributed by atoms with Gasteiger partial charge in [0.2, 0.25) is 13.6 Å². The highest BCUT2D eigenvalue weighted by Gasteiger charge is 2.33. The summed E-state index contributed by atoms with van der Waals surface area (Å²) in [5.74, 6) is 2.75. The predicted molar refractivity (Wildman–Crippen MR) is 162 cm³/mol. The number of anilines is 2. The summed E-state index contributed by atoms with van der Waals surface area (Å²) in [5.41, 5.74) is 2.33. The van der Waals surface area contributed by atoms with Gasteiger partial charge in [-0.25, -0.2) is 4.79 Å². The molecule has 3 aromatic carbocycles. The number of nitrogens with one attached hydrogen (secondary N) is 2. The number of hydrogen-bond donors (Lipinski definition) is 3. The van der Waals surface area contributed by atoms with Gasteiger partial charge in [-0.3, -0.25) is 9.69 Å². The third-order valence-corrected chi connectivity index (χ3v) is 7.93. The zero-order valence-electron chi connectivity index (χ0n) is 24.9. The summed E-state index contributed by atoms with van der Waals surface area (Å²) in [6, 6.07) is 15.1. The highest BCUT2D eigenvalue weighted by molar-refractivity contribution is 6.02. The lowest BCUT2D eigenvalue weighted by Gasteiger charge is -2.38. The Labute approximate surface area is 255 Å². The molecule has 0 radical (unpaired) electrons. The van der Waals surface area contributed by atoms with Gasteiger partial charge in [0.25, 0.3) is 5.91 Å². The van der Waals surface area contributed by atoms with Gasteiger partial charge in [0.15, 0.2) is 23.0 Å². The molecular formula is C32H36N4O8. The number of amides is 3. The van der Waals surface area contributed by atoms with Crippen molar-refractivity contribution in [2.45, 2.75) is 32.5 Å². The van der Waals surface area contributed by atoms with Crippen molar-refractivity contribution in [3.05, 3.63) is 65.7 Å². The molecule has 12 nitrogen and oxygen atoms in total. The lowest BCUT2D eigenvalue weighted by Crippen LogP contribution is -2.49. The van der Waals surface area contributed by atoms with E-state index in [1.807, 2.05) is 39.1 Å². The molecule has 44 heavy (non-hydrogen) atoms. The molecule has 0 aromatic heterocycles. The van der Waals surface area contributed by atoms with Crippen molar-refractivity contribution in [3.8, 4) is 28.7 Å². The minimum Gasteiger partial charge on any atom is -0.488 e. The Balaban J connectivity index is 1.19. The Bertz CT molecular complexity index is 1550. The Morgan fingerprint density at radius 3 is 2.25 bits per heavy atom. The van der Waals surface area contributed by atoms with Gasteiger partial charge in [-0.1, -0.05) is 13.0 Å². The van der Waals surface area contributed by atoms with Crippen LogP contribution in [-0.4, -0.2) is 79.3 Å². The molecule has 3 N–H and O–H groups in total. The number of hydrogen-bond acceptors (Lipinski definition) is 9. The zero-order valence-corrected chi connectivity index (χ0v) is 24.9. The van der Waals surface area contributed by atoms with Gasteiger partial charge in [-0.05, 0) is 62.0 Å². The maximum atomic E-state index is 13.8. The maximum absolute atomic E-state index is 13.8. The van der Waals surface area contributed by atoms with Gasteiger partial charge in [0, 0.05) is 43.0 Å². The third-order valence-electron chi connectivity index (χ3n) is 7.93.